The first kappa shape index (κ1) is 78.4. The number of hydrogen-bond acceptors (Lipinski definition) is 5. The second kappa shape index (κ2) is 71.6. The minimum atomic E-state index is -0.767. The number of hydrogen-bond donors (Lipinski definition) is 1. The average molecular weight is 1130 g/mol. The second-order valence-electron chi connectivity index (χ2n) is 25.4. The van der Waals surface area contributed by atoms with Crippen molar-refractivity contribution in [1.82, 2.24) is 0 Å². The van der Waals surface area contributed by atoms with Gasteiger partial charge in [-0.1, -0.05) is 391 Å². The predicted octanol–water partition coefficient (Wildman–Crippen LogP) is 25.6. The third kappa shape index (κ3) is 68.9. The maximum Gasteiger partial charge on any atom is 0.306 e. The summed E-state index contributed by atoms with van der Waals surface area (Å²) in [6.07, 6.45) is 93.9. The Kier molecular flexibility index (Phi) is 70.2. The van der Waals surface area contributed by atoms with Crippen LogP contribution in [-0.4, -0.2) is 36.4 Å². The molecule has 0 aromatic rings. The summed E-state index contributed by atoms with van der Waals surface area (Å²) in [6, 6.07) is 0. The number of esters is 2. The smallest absolute Gasteiger partial charge is 0.306 e. The SMILES string of the molecule is CCCCCCC/C=C\C/C=C\CCCCCCCCCCCCCCCCCCCCCCCCCCCCCCCC(=O)OC(CO)COC(=O)CCCCCCCCCCCCCCCCCCCCCCCCCCC. The standard InChI is InChI=1S/C75H144O5/c1-3-5-7-9-11-13-15-17-19-21-23-25-27-29-30-31-32-33-34-35-36-37-38-39-40-41-42-43-44-46-48-50-52-54-56-58-60-62-64-66-68-70-75(78)80-73(71-76)72-79-74(77)69-67-65-63-61-59-57-55-53-51-49-47-45-28-26-24-22-20-18-16-14-12-10-8-6-4-2/h15,17,21,23,73,76H,3-14,16,18-20,22,24-72H2,1-2H3/b17-15-,23-21-. The van der Waals surface area contributed by atoms with Gasteiger partial charge < -0.3 is 14.6 Å². The summed E-state index contributed by atoms with van der Waals surface area (Å²) in [5.74, 6) is -0.560. The highest BCUT2D eigenvalue weighted by atomic mass is 16.6. The van der Waals surface area contributed by atoms with E-state index in [1.165, 1.54) is 360 Å². The van der Waals surface area contributed by atoms with Gasteiger partial charge in [-0.25, -0.2) is 0 Å². The topological polar surface area (TPSA) is 72.8 Å². The summed E-state index contributed by atoms with van der Waals surface area (Å²) in [6.45, 7) is 4.20. The molecule has 0 radical (unpaired) electrons. The number of aliphatic hydroxyl groups is 1. The normalized spacial score (nSPS) is 12.2. The number of carbonyl (C=O) groups is 2. The van der Waals surface area contributed by atoms with Crippen LogP contribution in [0.15, 0.2) is 24.3 Å². The van der Waals surface area contributed by atoms with Crippen LogP contribution < -0.4 is 0 Å². The third-order valence-electron chi connectivity index (χ3n) is 17.2. The summed E-state index contributed by atoms with van der Waals surface area (Å²) < 4.78 is 10.8. The molecule has 0 aliphatic rings. The molecule has 0 heterocycles. The number of unbranched alkanes of at least 4 members (excludes halogenated alkanes) is 58. The van der Waals surface area contributed by atoms with Gasteiger partial charge in [0, 0.05) is 12.8 Å². The van der Waals surface area contributed by atoms with E-state index in [0.717, 1.165) is 38.5 Å². The minimum absolute atomic E-state index is 0.0567. The zero-order chi connectivity index (χ0) is 57.6. The lowest BCUT2D eigenvalue weighted by Gasteiger charge is -2.15. The van der Waals surface area contributed by atoms with Gasteiger partial charge in [-0.2, -0.15) is 0 Å². The first-order chi connectivity index (χ1) is 39.6. The van der Waals surface area contributed by atoms with E-state index in [2.05, 4.69) is 38.2 Å². The lowest BCUT2D eigenvalue weighted by molar-refractivity contribution is -0.161. The lowest BCUT2D eigenvalue weighted by Crippen LogP contribution is -2.28. The van der Waals surface area contributed by atoms with Crippen LogP contribution >= 0.6 is 0 Å². The summed E-state index contributed by atoms with van der Waals surface area (Å²) in [5, 5.41) is 9.70. The number of ether oxygens (including phenoxy) is 2. The van der Waals surface area contributed by atoms with Crippen LogP contribution in [0.2, 0.25) is 0 Å². The Labute approximate surface area is 502 Å². The fourth-order valence-corrected chi connectivity index (χ4v) is 11.7. The second-order valence-corrected chi connectivity index (χ2v) is 25.4. The molecule has 0 rings (SSSR count). The van der Waals surface area contributed by atoms with Crippen molar-refractivity contribution in [2.45, 2.75) is 431 Å². The van der Waals surface area contributed by atoms with Crippen molar-refractivity contribution < 1.29 is 24.2 Å². The van der Waals surface area contributed by atoms with E-state index < -0.39 is 6.10 Å². The lowest BCUT2D eigenvalue weighted by atomic mass is 10.0. The monoisotopic (exact) mass is 1130 g/mol. The summed E-state index contributed by atoms with van der Waals surface area (Å²) in [4.78, 5) is 24.7. The molecule has 80 heavy (non-hydrogen) atoms. The Bertz CT molecular complexity index is 1230. The molecular weight excluding hydrogens is 981 g/mol. The van der Waals surface area contributed by atoms with Crippen LogP contribution in [0.4, 0.5) is 0 Å². The van der Waals surface area contributed by atoms with Crippen LogP contribution in [0.1, 0.15) is 425 Å². The van der Waals surface area contributed by atoms with Crippen molar-refractivity contribution in [2.24, 2.45) is 0 Å². The Balaban J connectivity index is 3.34. The molecular formula is C75H144O5. The molecule has 0 bridgehead atoms. The summed E-state index contributed by atoms with van der Waals surface area (Å²) in [7, 11) is 0. The molecule has 0 saturated heterocycles. The van der Waals surface area contributed by atoms with Gasteiger partial charge in [0.05, 0.1) is 6.61 Å². The molecule has 0 fully saturated rings. The van der Waals surface area contributed by atoms with Crippen molar-refractivity contribution in [1.29, 1.82) is 0 Å². The zero-order valence-electron chi connectivity index (χ0n) is 54.6. The minimum Gasteiger partial charge on any atom is -0.462 e. The molecule has 5 heteroatoms. The number of carbonyl (C=O) groups excluding carboxylic acids is 2. The van der Waals surface area contributed by atoms with E-state index in [9.17, 15) is 14.7 Å². The number of allylic oxidation sites excluding steroid dienone is 4. The van der Waals surface area contributed by atoms with Gasteiger partial charge in [-0.05, 0) is 44.9 Å². The van der Waals surface area contributed by atoms with Crippen LogP contribution in [0.25, 0.3) is 0 Å². The van der Waals surface area contributed by atoms with Crippen molar-refractivity contribution in [2.75, 3.05) is 13.2 Å². The van der Waals surface area contributed by atoms with Crippen LogP contribution in [0.3, 0.4) is 0 Å². The summed E-state index contributed by atoms with van der Waals surface area (Å²) in [5.41, 5.74) is 0. The average Bonchev–Trinajstić information content (AvgIpc) is 3.46. The number of rotatable bonds is 70. The van der Waals surface area contributed by atoms with Crippen molar-refractivity contribution in [3.63, 3.8) is 0 Å². The van der Waals surface area contributed by atoms with Crippen molar-refractivity contribution in [3.8, 4) is 0 Å². The first-order valence-corrected chi connectivity index (χ1v) is 36.9. The van der Waals surface area contributed by atoms with Gasteiger partial charge in [0.25, 0.3) is 0 Å². The van der Waals surface area contributed by atoms with Gasteiger partial charge in [0.2, 0.25) is 0 Å². The molecule has 5 nitrogen and oxygen atoms in total. The molecule has 0 aromatic carbocycles. The molecule has 1 N–H and O–H groups in total. The molecule has 0 aliphatic carbocycles. The van der Waals surface area contributed by atoms with E-state index in [0.29, 0.717) is 12.8 Å². The largest absolute Gasteiger partial charge is 0.462 e. The number of aliphatic hydroxyl groups excluding tert-OH is 1. The van der Waals surface area contributed by atoms with Gasteiger partial charge in [-0.15, -0.1) is 0 Å². The van der Waals surface area contributed by atoms with E-state index >= 15 is 0 Å². The third-order valence-corrected chi connectivity index (χ3v) is 17.2. The predicted molar refractivity (Wildman–Crippen MR) is 353 cm³/mol. The highest BCUT2D eigenvalue weighted by molar-refractivity contribution is 5.70. The molecule has 0 aliphatic heterocycles. The molecule has 0 spiro atoms. The van der Waals surface area contributed by atoms with Crippen LogP contribution in [0.5, 0.6) is 0 Å². The van der Waals surface area contributed by atoms with Gasteiger partial charge in [0.15, 0.2) is 6.10 Å². The van der Waals surface area contributed by atoms with E-state index in [4.69, 9.17) is 9.47 Å². The Morgan fingerprint density at radius 3 is 0.738 bits per heavy atom. The highest BCUT2D eigenvalue weighted by Crippen LogP contribution is 2.20. The van der Waals surface area contributed by atoms with Gasteiger partial charge in [-0.3, -0.25) is 9.59 Å². The fourth-order valence-electron chi connectivity index (χ4n) is 11.7. The first-order valence-electron chi connectivity index (χ1n) is 36.9. The Morgan fingerprint density at radius 1 is 0.287 bits per heavy atom. The zero-order valence-corrected chi connectivity index (χ0v) is 54.6. The Morgan fingerprint density at radius 2 is 0.500 bits per heavy atom. The van der Waals surface area contributed by atoms with Crippen LogP contribution in [0, 0.1) is 0 Å². The van der Waals surface area contributed by atoms with Gasteiger partial charge in [0.1, 0.15) is 6.61 Å². The molecule has 0 aromatic heterocycles. The quantitative estimate of drug-likeness (QED) is 0.0373. The van der Waals surface area contributed by atoms with Crippen molar-refractivity contribution in [3.05, 3.63) is 24.3 Å². The van der Waals surface area contributed by atoms with Gasteiger partial charge >= 0.3 is 11.9 Å². The van der Waals surface area contributed by atoms with Crippen LogP contribution in [-0.2, 0) is 19.1 Å². The molecule has 1 atom stereocenters. The maximum atomic E-state index is 12.4. The molecule has 1 unspecified atom stereocenters. The highest BCUT2D eigenvalue weighted by Gasteiger charge is 2.16. The van der Waals surface area contributed by atoms with Crippen molar-refractivity contribution >= 4 is 11.9 Å². The molecule has 0 amide bonds. The summed E-state index contributed by atoms with van der Waals surface area (Å²) >= 11 is 0. The van der Waals surface area contributed by atoms with E-state index in [-0.39, 0.29) is 25.2 Å². The molecule has 0 saturated carbocycles. The maximum absolute atomic E-state index is 12.4. The Hall–Kier alpha value is -1.62. The molecule has 474 valence electrons. The van der Waals surface area contributed by atoms with E-state index in [1.807, 2.05) is 0 Å². The fraction of sp³-hybridized carbons (Fsp3) is 0.920. The van der Waals surface area contributed by atoms with E-state index in [1.54, 1.807) is 0 Å².